The zero-order valence-electron chi connectivity index (χ0n) is 31.8. The van der Waals surface area contributed by atoms with E-state index in [9.17, 15) is 19.5 Å². The Morgan fingerprint density at radius 2 is 1.44 bits per heavy atom. The van der Waals surface area contributed by atoms with Gasteiger partial charge in [-0.15, -0.1) is 0 Å². The Hall–Kier alpha value is -5.08. The minimum atomic E-state index is -1.06. The molecule has 0 saturated heterocycles. The molecule has 0 spiro atoms. The van der Waals surface area contributed by atoms with Gasteiger partial charge in [-0.25, -0.2) is 4.98 Å². The van der Waals surface area contributed by atoms with Gasteiger partial charge >= 0.3 is 5.97 Å². The summed E-state index contributed by atoms with van der Waals surface area (Å²) in [6.45, 7) is 8.92. The van der Waals surface area contributed by atoms with Crippen molar-refractivity contribution < 1.29 is 43.2 Å². The van der Waals surface area contributed by atoms with Crippen LogP contribution in [0.4, 0.5) is 5.82 Å². The summed E-state index contributed by atoms with van der Waals surface area (Å²) in [5.41, 5.74) is 3.49. The average Bonchev–Trinajstić information content (AvgIpc) is 3.18. The highest BCUT2D eigenvalue weighted by Crippen LogP contribution is 2.35. The van der Waals surface area contributed by atoms with Gasteiger partial charge in [0.1, 0.15) is 18.2 Å². The first-order chi connectivity index (χ1) is 26.8. The maximum absolute atomic E-state index is 12.9. The number of benzene rings is 3. The molecule has 0 aliphatic carbocycles. The van der Waals surface area contributed by atoms with Crippen LogP contribution >= 0.6 is 0 Å². The highest BCUT2D eigenvalue weighted by atomic mass is 16.6. The second kappa shape index (κ2) is 24.4. The van der Waals surface area contributed by atoms with Crippen molar-refractivity contribution in [1.29, 1.82) is 0 Å². The molecule has 296 valence electrons. The number of aliphatic carboxylic acids is 1. The maximum Gasteiger partial charge on any atom is 0.305 e. The number of rotatable bonds is 27. The van der Waals surface area contributed by atoms with Crippen LogP contribution in [0.2, 0.25) is 0 Å². The van der Waals surface area contributed by atoms with E-state index < -0.39 is 17.9 Å². The molecule has 1 heterocycles. The van der Waals surface area contributed by atoms with E-state index in [0.717, 1.165) is 46.3 Å². The van der Waals surface area contributed by atoms with Crippen molar-refractivity contribution in [3.8, 4) is 16.9 Å². The molecule has 0 bridgehead atoms. The number of carboxylic acid groups (broad SMARTS) is 1. The Balaban J connectivity index is 1.25. The number of amides is 2. The van der Waals surface area contributed by atoms with E-state index in [4.69, 9.17) is 23.7 Å². The quantitative estimate of drug-likeness (QED) is 0.0551. The van der Waals surface area contributed by atoms with E-state index in [1.54, 1.807) is 12.3 Å². The lowest BCUT2D eigenvalue weighted by Crippen LogP contribution is -2.39. The van der Waals surface area contributed by atoms with Crippen molar-refractivity contribution in [3.63, 3.8) is 0 Å². The van der Waals surface area contributed by atoms with Crippen molar-refractivity contribution in [2.75, 3.05) is 77.9 Å². The SMILES string of the molecule is CCCOCCOCCOCCOCCOc1cccc2c(-c3cccc([C@H](CC(=O)O)NC(=O)CNC(=O)CCCNc4cc(C)ccn4)c3)cccc12. The van der Waals surface area contributed by atoms with Crippen LogP contribution in [0.3, 0.4) is 0 Å². The number of nitrogens with zero attached hydrogens (tertiary/aromatic N) is 1. The molecule has 0 saturated carbocycles. The van der Waals surface area contributed by atoms with Gasteiger partial charge in [0, 0.05) is 31.2 Å². The van der Waals surface area contributed by atoms with Crippen LogP contribution in [-0.2, 0) is 33.3 Å². The molecule has 13 heteroatoms. The lowest BCUT2D eigenvalue weighted by Gasteiger charge is -2.19. The van der Waals surface area contributed by atoms with Crippen molar-refractivity contribution in [1.82, 2.24) is 15.6 Å². The topological polar surface area (TPSA) is 167 Å². The van der Waals surface area contributed by atoms with Gasteiger partial charge in [0.05, 0.1) is 65.3 Å². The third-order valence-corrected chi connectivity index (χ3v) is 8.39. The molecule has 0 fully saturated rings. The van der Waals surface area contributed by atoms with Gasteiger partial charge in [-0.3, -0.25) is 14.4 Å². The van der Waals surface area contributed by atoms with E-state index in [-0.39, 0.29) is 25.3 Å². The number of aromatic nitrogens is 1. The lowest BCUT2D eigenvalue weighted by atomic mass is 9.94. The lowest BCUT2D eigenvalue weighted by molar-refractivity contribution is -0.138. The summed E-state index contributed by atoms with van der Waals surface area (Å²) in [5.74, 6) is -0.361. The fourth-order valence-electron chi connectivity index (χ4n) is 5.74. The van der Waals surface area contributed by atoms with Gasteiger partial charge in [0.25, 0.3) is 0 Å². The molecule has 0 aliphatic heterocycles. The average molecular weight is 759 g/mol. The first-order valence-electron chi connectivity index (χ1n) is 18.8. The van der Waals surface area contributed by atoms with Crippen molar-refractivity contribution >= 4 is 34.4 Å². The van der Waals surface area contributed by atoms with Gasteiger partial charge < -0.3 is 44.7 Å². The summed E-state index contributed by atoms with van der Waals surface area (Å²) < 4.78 is 28.2. The Kier molecular flexibility index (Phi) is 18.9. The molecule has 0 radical (unpaired) electrons. The van der Waals surface area contributed by atoms with Gasteiger partial charge in [0.15, 0.2) is 0 Å². The van der Waals surface area contributed by atoms with Crippen LogP contribution in [-0.4, -0.2) is 100 Å². The predicted molar refractivity (Wildman–Crippen MR) is 211 cm³/mol. The van der Waals surface area contributed by atoms with Crippen molar-refractivity contribution in [2.24, 2.45) is 0 Å². The number of anilines is 1. The maximum atomic E-state index is 12.9. The molecule has 0 aliphatic rings. The molecule has 13 nitrogen and oxygen atoms in total. The van der Waals surface area contributed by atoms with Crippen LogP contribution in [0.1, 0.15) is 49.8 Å². The molecule has 3 aromatic carbocycles. The summed E-state index contributed by atoms with van der Waals surface area (Å²) >= 11 is 0. The minimum Gasteiger partial charge on any atom is -0.491 e. The zero-order valence-corrected chi connectivity index (χ0v) is 31.8. The molecule has 4 rings (SSSR count). The van der Waals surface area contributed by atoms with E-state index in [1.807, 2.05) is 73.7 Å². The minimum absolute atomic E-state index is 0.223. The number of ether oxygens (including phenoxy) is 5. The van der Waals surface area contributed by atoms with Crippen molar-refractivity contribution in [2.45, 2.75) is 45.6 Å². The largest absolute Gasteiger partial charge is 0.491 e. The van der Waals surface area contributed by atoms with Crippen LogP contribution in [0.15, 0.2) is 79.0 Å². The second-order valence-electron chi connectivity index (χ2n) is 12.8. The third-order valence-electron chi connectivity index (χ3n) is 8.39. The molecule has 1 aromatic heterocycles. The van der Waals surface area contributed by atoms with Crippen LogP contribution in [0.5, 0.6) is 5.75 Å². The van der Waals surface area contributed by atoms with Gasteiger partial charge in [0.2, 0.25) is 11.8 Å². The number of aryl methyl sites for hydroxylation is 1. The van der Waals surface area contributed by atoms with Crippen LogP contribution < -0.4 is 20.7 Å². The molecule has 0 unspecified atom stereocenters. The number of fused-ring (bicyclic) bond motifs is 1. The Morgan fingerprint density at radius 1 is 0.764 bits per heavy atom. The summed E-state index contributed by atoms with van der Waals surface area (Å²) in [7, 11) is 0. The Labute approximate surface area is 323 Å². The predicted octanol–water partition coefficient (Wildman–Crippen LogP) is 5.71. The summed E-state index contributed by atoms with van der Waals surface area (Å²) in [4.78, 5) is 41.4. The van der Waals surface area contributed by atoms with E-state index in [0.29, 0.717) is 77.1 Å². The molecule has 4 aromatic rings. The number of carboxylic acids is 1. The third kappa shape index (κ3) is 15.7. The highest BCUT2D eigenvalue weighted by Gasteiger charge is 2.20. The molecule has 1 atom stereocenters. The normalized spacial score (nSPS) is 11.6. The number of hydrogen-bond acceptors (Lipinski definition) is 10. The fraction of sp³-hybridized carbons (Fsp3) is 0.429. The zero-order chi connectivity index (χ0) is 39.1. The van der Waals surface area contributed by atoms with Gasteiger partial charge in [-0.1, -0.05) is 55.5 Å². The van der Waals surface area contributed by atoms with Gasteiger partial charge in [-0.2, -0.15) is 0 Å². The van der Waals surface area contributed by atoms with E-state index >= 15 is 0 Å². The first-order valence-corrected chi connectivity index (χ1v) is 18.8. The standard InChI is InChI=1S/C42H54N4O9/c1-3-18-51-19-20-52-21-22-53-23-24-54-25-26-55-38-13-6-11-35-34(10-5-12-36(35)38)32-8-4-9-33(28-32)37(29-42(49)50)46-41(48)30-45-40(47)14-7-16-43-39-27-31(2)15-17-44-39/h4-6,8-13,15,17,27-28,37H,3,7,14,16,18-26,29-30H2,1-2H3,(H,43,44)(H,45,47)(H,46,48)(H,49,50)/t37-/m0/s1. The van der Waals surface area contributed by atoms with E-state index in [2.05, 4.69) is 27.9 Å². The van der Waals surface area contributed by atoms with Crippen LogP contribution in [0.25, 0.3) is 21.9 Å². The molecular weight excluding hydrogens is 704 g/mol. The molecule has 2 amide bonds. The number of pyridine rings is 1. The highest BCUT2D eigenvalue weighted by molar-refractivity contribution is 6.00. The summed E-state index contributed by atoms with van der Waals surface area (Å²) in [5, 5.41) is 20.2. The number of hydrogen-bond donors (Lipinski definition) is 4. The summed E-state index contributed by atoms with van der Waals surface area (Å²) in [6, 6.07) is 22.3. The molecular formula is C42H54N4O9. The monoisotopic (exact) mass is 758 g/mol. The fourth-order valence-corrected chi connectivity index (χ4v) is 5.74. The second-order valence-corrected chi connectivity index (χ2v) is 12.8. The molecule has 55 heavy (non-hydrogen) atoms. The van der Waals surface area contributed by atoms with E-state index in [1.165, 1.54) is 0 Å². The Morgan fingerprint density at radius 3 is 2.15 bits per heavy atom. The van der Waals surface area contributed by atoms with Gasteiger partial charge in [-0.05, 0) is 71.7 Å². The first kappa shape index (κ1) is 42.7. The number of carbonyl (C=O) groups excluding carboxylic acids is 2. The Bertz CT molecular complexity index is 1790. The summed E-state index contributed by atoms with van der Waals surface area (Å²) in [6.07, 6.45) is 3.17. The number of carbonyl (C=O) groups is 3. The van der Waals surface area contributed by atoms with Crippen LogP contribution in [0, 0.1) is 6.92 Å². The van der Waals surface area contributed by atoms with Crippen molar-refractivity contribution in [3.05, 3.63) is 90.1 Å². The number of nitrogens with one attached hydrogen (secondary N) is 3. The smallest absolute Gasteiger partial charge is 0.305 e. The molecule has 4 N–H and O–H groups in total.